The summed E-state index contributed by atoms with van der Waals surface area (Å²) in [5.74, 6) is 1.11. The Labute approximate surface area is 200 Å². The number of aromatic nitrogens is 1. The number of hydrogen-bond donors (Lipinski definition) is 1. The van der Waals surface area contributed by atoms with Crippen LogP contribution in [0.15, 0.2) is 36.5 Å². The molecule has 0 radical (unpaired) electrons. The van der Waals surface area contributed by atoms with E-state index in [2.05, 4.69) is 33.2 Å². The van der Waals surface area contributed by atoms with Crippen LogP contribution in [-0.2, 0) is 4.74 Å². The fraction of sp³-hybridized carbons (Fsp3) is 0.385. The molecule has 0 atom stereocenters. The van der Waals surface area contributed by atoms with Crippen LogP contribution in [0.5, 0.6) is 11.5 Å². The molecule has 1 aromatic heterocycles. The number of rotatable bonds is 7. The van der Waals surface area contributed by atoms with Gasteiger partial charge in [0.2, 0.25) is 0 Å². The van der Waals surface area contributed by atoms with E-state index in [0.717, 1.165) is 65.5 Å². The van der Waals surface area contributed by atoms with Crippen molar-refractivity contribution in [2.45, 2.75) is 13.8 Å². The first-order valence-electron chi connectivity index (χ1n) is 11.5. The van der Waals surface area contributed by atoms with Gasteiger partial charge in [-0.3, -0.25) is 4.98 Å². The number of anilines is 3. The molecule has 2 aromatic carbocycles. The third-order valence-electron chi connectivity index (χ3n) is 6.27. The van der Waals surface area contributed by atoms with Crippen LogP contribution in [0.4, 0.5) is 17.1 Å². The summed E-state index contributed by atoms with van der Waals surface area (Å²) in [7, 11) is 5.45. The maximum Gasteiger partial charge on any atom is 0.341 e. The predicted octanol–water partition coefficient (Wildman–Crippen LogP) is 4.23. The zero-order chi connectivity index (χ0) is 24.2. The van der Waals surface area contributed by atoms with Crippen molar-refractivity contribution in [1.82, 2.24) is 9.88 Å². The fourth-order valence-corrected chi connectivity index (χ4v) is 4.27. The standard InChI is InChI=1S/C26H32N4O4/c1-6-34-26(31)19-16-27-21-15-24(33-5)22(30-12-10-29(3)11-13-30)14-18(21)25(19)28-20-8-7-9-23(32-4)17(20)2/h7-9,14-16H,6,10-13H2,1-5H3,(H,27,28). The third kappa shape index (κ3) is 4.59. The maximum atomic E-state index is 12.9. The average molecular weight is 465 g/mol. The molecule has 1 N–H and O–H groups in total. The van der Waals surface area contributed by atoms with Gasteiger partial charge < -0.3 is 29.3 Å². The number of carbonyl (C=O) groups excluding carboxylic acids is 1. The lowest BCUT2D eigenvalue weighted by atomic mass is 10.1. The van der Waals surface area contributed by atoms with Gasteiger partial charge in [-0.1, -0.05) is 6.07 Å². The molecule has 1 aliphatic heterocycles. The Morgan fingerprint density at radius 3 is 2.50 bits per heavy atom. The van der Waals surface area contributed by atoms with Gasteiger partial charge in [0.1, 0.15) is 17.1 Å². The lowest BCUT2D eigenvalue weighted by Crippen LogP contribution is -2.44. The summed E-state index contributed by atoms with van der Waals surface area (Å²) in [5, 5.41) is 4.31. The fourth-order valence-electron chi connectivity index (χ4n) is 4.27. The highest BCUT2D eigenvalue weighted by Crippen LogP contribution is 2.39. The number of benzene rings is 2. The summed E-state index contributed by atoms with van der Waals surface area (Å²) in [6.45, 7) is 7.77. The summed E-state index contributed by atoms with van der Waals surface area (Å²) in [6, 6.07) is 9.78. The minimum absolute atomic E-state index is 0.281. The van der Waals surface area contributed by atoms with E-state index in [9.17, 15) is 4.79 Å². The van der Waals surface area contributed by atoms with Crippen LogP contribution in [-0.4, -0.2) is 69.9 Å². The number of nitrogens with zero attached hydrogens (tertiary/aromatic N) is 3. The second-order valence-corrected chi connectivity index (χ2v) is 8.36. The molecule has 8 heteroatoms. The van der Waals surface area contributed by atoms with Crippen LogP contribution in [0, 0.1) is 6.92 Å². The average Bonchev–Trinajstić information content (AvgIpc) is 2.85. The van der Waals surface area contributed by atoms with E-state index in [4.69, 9.17) is 14.2 Å². The Morgan fingerprint density at radius 1 is 1.09 bits per heavy atom. The summed E-state index contributed by atoms with van der Waals surface area (Å²) in [6.07, 6.45) is 1.56. The van der Waals surface area contributed by atoms with Gasteiger partial charge in [-0.05, 0) is 39.1 Å². The Balaban J connectivity index is 1.89. The van der Waals surface area contributed by atoms with E-state index in [1.54, 1.807) is 27.3 Å². The zero-order valence-corrected chi connectivity index (χ0v) is 20.5. The van der Waals surface area contributed by atoms with E-state index in [1.165, 1.54) is 0 Å². The van der Waals surface area contributed by atoms with Gasteiger partial charge in [-0.15, -0.1) is 0 Å². The van der Waals surface area contributed by atoms with Crippen molar-refractivity contribution in [2.75, 3.05) is 64.3 Å². The van der Waals surface area contributed by atoms with Crippen molar-refractivity contribution in [3.8, 4) is 11.5 Å². The topological polar surface area (TPSA) is 76.2 Å². The van der Waals surface area contributed by atoms with E-state index in [-0.39, 0.29) is 6.61 Å². The molecule has 2 heterocycles. The number of piperazine rings is 1. The van der Waals surface area contributed by atoms with Gasteiger partial charge in [0.15, 0.2) is 0 Å². The van der Waals surface area contributed by atoms with Crippen LogP contribution in [0.1, 0.15) is 22.8 Å². The molecular formula is C26H32N4O4. The molecule has 8 nitrogen and oxygen atoms in total. The smallest absolute Gasteiger partial charge is 0.341 e. The molecule has 0 saturated carbocycles. The van der Waals surface area contributed by atoms with Crippen LogP contribution < -0.4 is 19.7 Å². The number of likely N-dealkylation sites (N-methyl/N-ethyl adjacent to an activating group) is 1. The second kappa shape index (κ2) is 10.2. The highest BCUT2D eigenvalue weighted by Gasteiger charge is 2.23. The van der Waals surface area contributed by atoms with Crippen molar-refractivity contribution in [1.29, 1.82) is 0 Å². The Morgan fingerprint density at radius 2 is 1.82 bits per heavy atom. The Kier molecular flexibility index (Phi) is 7.07. The van der Waals surface area contributed by atoms with Crippen molar-refractivity contribution < 1.29 is 19.0 Å². The quantitative estimate of drug-likeness (QED) is 0.521. The molecular weight excluding hydrogens is 432 g/mol. The third-order valence-corrected chi connectivity index (χ3v) is 6.27. The number of ether oxygens (including phenoxy) is 3. The maximum absolute atomic E-state index is 12.9. The number of carbonyl (C=O) groups is 1. The molecule has 1 saturated heterocycles. The number of esters is 1. The first kappa shape index (κ1) is 23.6. The highest BCUT2D eigenvalue weighted by atomic mass is 16.5. The second-order valence-electron chi connectivity index (χ2n) is 8.36. The summed E-state index contributed by atoms with van der Waals surface area (Å²) in [5.41, 5.74) is 4.53. The lowest BCUT2D eigenvalue weighted by molar-refractivity contribution is 0.0527. The lowest BCUT2D eigenvalue weighted by Gasteiger charge is -2.35. The molecule has 34 heavy (non-hydrogen) atoms. The monoisotopic (exact) mass is 464 g/mol. The first-order valence-corrected chi connectivity index (χ1v) is 11.5. The van der Waals surface area contributed by atoms with Crippen LogP contribution in [0.2, 0.25) is 0 Å². The minimum Gasteiger partial charge on any atom is -0.496 e. The van der Waals surface area contributed by atoms with Crippen LogP contribution in [0.25, 0.3) is 10.9 Å². The van der Waals surface area contributed by atoms with Gasteiger partial charge in [0.25, 0.3) is 0 Å². The first-order chi connectivity index (χ1) is 16.5. The van der Waals surface area contributed by atoms with Gasteiger partial charge in [0.05, 0.1) is 37.7 Å². The van der Waals surface area contributed by atoms with Gasteiger partial charge in [-0.25, -0.2) is 4.79 Å². The Hall–Kier alpha value is -3.52. The molecule has 0 bridgehead atoms. The van der Waals surface area contributed by atoms with Crippen LogP contribution >= 0.6 is 0 Å². The molecule has 1 fully saturated rings. The number of pyridine rings is 1. The highest BCUT2D eigenvalue weighted by molar-refractivity contribution is 6.07. The number of methoxy groups -OCH3 is 2. The van der Waals surface area contributed by atoms with Crippen molar-refractivity contribution in [3.63, 3.8) is 0 Å². The number of nitrogens with one attached hydrogen (secondary N) is 1. The SMILES string of the molecule is CCOC(=O)c1cnc2cc(OC)c(N3CCN(C)CC3)cc2c1Nc1cccc(OC)c1C. The van der Waals surface area contributed by atoms with E-state index in [0.29, 0.717) is 11.3 Å². The summed E-state index contributed by atoms with van der Waals surface area (Å²) >= 11 is 0. The number of hydrogen-bond acceptors (Lipinski definition) is 8. The van der Waals surface area contributed by atoms with Gasteiger partial charge in [-0.2, -0.15) is 0 Å². The molecule has 180 valence electrons. The molecule has 3 aromatic rings. The van der Waals surface area contributed by atoms with Crippen molar-refractivity contribution >= 4 is 33.9 Å². The summed E-state index contributed by atoms with van der Waals surface area (Å²) < 4.78 is 16.6. The van der Waals surface area contributed by atoms with Crippen molar-refractivity contribution in [2.24, 2.45) is 0 Å². The van der Waals surface area contributed by atoms with E-state index >= 15 is 0 Å². The molecule has 0 spiro atoms. The van der Waals surface area contributed by atoms with Gasteiger partial charge >= 0.3 is 5.97 Å². The molecule has 4 rings (SSSR count). The molecule has 0 unspecified atom stereocenters. The molecule has 1 aliphatic rings. The Bertz CT molecular complexity index is 1190. The van der Waals surface area contributed by atoms with Gasteiger partial charge in [0, 0.05) is 55.1 Å². The largest absolute Gasteiger partial charge is 0.496 e. The van der Waals surface area contributed by atoms with E-state index < -0.39 is 5.97 Å². The molecule has 0 amide bonds. The predicted molar refractivity (Wildman–Crippen MR) is 135 cm³/mol. The number of fused-ring (bicyclic) bond motifs is 1. The zero-order valence-electron chi connectivity index (χ0n) is 20.5. The van der Waals surface area contributed by atoms with Crippen LogP contribution in [0.3, 0.4) is 0 Å². The van der Waals surface area contributed by atoms with Crippen molar-refractivity contribution in [3.05, 3.63) is 47.7 Å². The molecule has 0 aliphatic carbocycles. The minimum atomic E-state index is -0.420. The summed E-state index contributed by atoms with van der Waals surface area (Å²) in [4.78, 5) is 22.1. The normalized spacial score (nSPS) is 14.2. The van der Waals surface area contributed by atoms with E-state index in [1.807, 2.05) is 31.2 Å².